The Morgan fingerprint density at radius 3 is 2.95 bits per heavy atom. The molecule has 2 aromatic rings. The van der Waals surface area contributed by atoms with Gasteiger partial charge < -0.3 is 10.1 Å². The van der Waals surface area contributed by atoms with Gasteiger partial charge in [-0.15, -0.1) is 0 Å². The minimum Gasteiger partial charge on any atom is -0.476 e. The van der Waals surface area contributed by atoms with Crippen LogP contribution in [0.3, 0.4) is 0 Å². The van der Waals surface area contributed by atoms with E-state index in [4.69, 9.17) is 10.00 Å². The van der Waals surface area contributed by atoms with Crippen LogP contribution in [0.25, 0.3) is 0 Å². The van der Waals surface area contributed by atoms with Crippen molar-refractivity contribution < 1.29 is 4.74 Å². The Kier molecular flexibility index (Phi) is 5.10. The predicted molar refractivity (Wildman–Crippen MR) is 80.9 cm³/mol. The second-order valence-corrected chi connectivity index (χ2v) is 4.69. The van der Waals surface area contributed by atoms with Crippen molar-refractivity contribution in [2.45, 2.75) is 32.9 Å². The Morgan fingerprint density at radius 2 is 2.24 bits per heavy atom. The maximum absolute atomic E-state index is 8.93. The molecule has 2 rings (SSSR count). The second-order valence-electron chi connectivity index (χ2n) is 4.69. The van der Waals surface area contributed by atoms with Crippen LogP contribution in [0, 0.1) is 18.3 Å². The first-order valence-corrected chi connectivity index (χ1v) is 6.89. The summed E-state index contributed by atoms with van der Waals surface area (Å²) in [5.41, 5.74) is 1.93. The summed E-state index contributed by atoms with van der Waals surface area (Å²) in [6, 6.07) is 9.82. The number of aryl methyl sites for hydroxylation is 1. The van der Waals surface area contributed by atoms with Crippen LogP contribution in [0.15, 0.2) is 36.7 Å². The van der Waals surface area contributed by atoms with E-state index in [1.807, 2.05) is 38.1 Å². The molecule has 1 unspecified atom stereocenters. The molecule has 0 radical (unpaired) electrons. The van der Waals surface area contributed by atoms with E-state index in [0.717, 1.165) is 17.1 Å². The first-order chi connectivity index (χ1) is 10.2. The average molecular weight is 282 g/mol. The lowest BCUT2D eigenvalue weighted by Crippen LogP contribution is -2.12. The van der Waals surface area contributed by atoms with Crippen molar-refractivity contribution in [3.63, 3.8) is 0 Å². The number of hydrogen-bond acceptors (Lipinski definition) is 5. The minimum absolute atomic E-state index is 0.407. The Morgan fingerprint density at radius 1 is 1.38 bits per heavy atom. The number of ether oxygens (including phenoxy) is 1. The highest BCUT2D eigenvalue weighted by Gasteiger charge is 2.06. The van der Waals surface area contributed by atoms with Gasteiger partial charge in [-0.25, -0.2) is 4.98 Å². The van der Waals surface area contributed by atoms with Gasteiger partial charge in [-0.3, -0.25) is 4.98 Å². The summed E-state index contributed by atoms with van der Waals surface area (Å²) in [5.74, 6) is 1.45. The third kappa shape index (κ3) is 4.46. The van der Waals surface area contributed by atoms with E-state index in [9.17, 15) is 0 Å². The molecule has 0 aliphatic heterocycles. The van der Waals surface area contributed by atoms with E-state index < -0.39 is 6.10 Å². The third-order valence-electron chi connectivity index (χ3n) is 2.92. The van der Waals surface area contributed by atoms with Crippen LogP contribution in [0.2, 0.25) is 0 Å². The van der Waals surface area contributed by atoms with Gasteiger partial charge in [0.25, 0.3) is 0 Å². The van der Waals surface area contributed by atoms with Crippen LogP contribution in [-0.4, -0.2) is 16.1 Å². The molecule has 5 heteroatoms. The second kappa shape index (κ2) is 7.25. The number of nitrogens with one attached hydrogen (secondary N) is 1. The van der Waals surface area contributed by atoms with E-state index in [1.165, 1.54) is 0 Å². The molecule has 1 N–H and O–H groups in total. The lowest BCUT2D eigenvalue weighted by Gasteiger charge is -2.12. The number of benzene rings is 1. The fourth-order valence-electron chi connectivity index (χ4n) is 1.84. The SMILES string of the molecule is CCC(C#N)Oc1cccc(CNc2cncc(C)n2)c1. The lowest BCUT2D eigenvalue weighted by molar-refractivity contribution is 0.251. The molecule has 0 saturated carbocycles. The molecule has 0 aliphatic carbocycles. The first-order valence-electron chi connectivity index (χ1n) is 6.89. The van der Waals surface area contributed by atoms with Crippen molar-refractivity contribution in [2.75, 3.05) is 5.32 Å². The van der Waals surface area contributed by atoms with Crippen LogP contribution >= 0.6 is 0 Å². The van der Waals surface area contributed by atoms with Crippen molar-refractivity contribution in [1.29, 1.82) is 5.26 Å². The molecule has 0 amide bonds. The van der Waals surface area contributed by atoms with E-state index in [0.29, 0.717) is 18.7 Å². The standard InChI is InChI=1S/C16H18N4O/c1-3-14(8-17)21-15-6-4-5-13(7-15)10-19-16-11-18-9-12(2)20-16/h4-7,9,11,14H,3,10H2,1-2H3,(H,19,20). The number of aromatic nitrogens is 2. The van der Waals surface area contributed by atoms with Crippen LogP contribution in [0.4, 0.5) is 5.82 Å². The summed E-state index contributed by atoms with van der Waals surface area (Å²) in [6.45, 7) is 4.45. The molecule has 1 atom stereocenters. The maximum atomic E-state index is 8.93. The topological polar surface area (TPSA) is 70.8 Å². The van der Waals surface area contributed by atoms with Gasteiger partial charge in [-0.2, -0.15) is 5.26 Å². The molecule has 1 aromatic carbocycles. The summed E-state index contributed by atoms with van der Waals surface area (Å²) in [6.07, 6.45) is 3.66. The molecule has 21 heavy (non-hydrogen) atoms. The van der Waals surface area contributed by atoms with Gasteiger partial charge in [0.05, 0.1) is 11.9 Å². The van der Waals surface area contributed by atoms with Crippen LogP contribution in [0.5, 0.6) is 5.75 Å². The Hall–Kier alpha value is -2.61. The zero-order chi connectivity index (χ0) is 15.1. The van der Waals surface area contributed by atoms with Gasteiger partial charge in [-0.05, 0) is 31.0 Å². The molecule has 5 nitrogen and oxygen atoms in total. The summed E-state index contributed by atoms with van der Waals surface area (Å²) in [4.78, 5) is 8.43. The highest BCUT2D eigenvalue weighted by atomic mass is 16.5. The normalized spacial score (nSPS) is 11.5. The van der Waals surface area contributed by atoms with Crippen molar-refractivity contribution >= 4 is 5.82 Å². The smallest absolute Gasteiger partial charge is 0.184 e. The number of rotatable bonds is 6. The molecule has 108 valence electrons. The summed E-state index contributed by atoms with van der Waals surface area (Å²) < 4.78 is 5.61. The number of nitriles is 1. The van der Waals surface area contributed by atoms with Gasteiger partial charge in [0.1, 0.15) is 17.6 Å². The van der Waals surface area contributed by atoms with Gasteiger partial charge in [0, 0.05) is 12.7 Å². The van der Waals surface area contributed by atoms with Crippen molar-refractivity contribution in [1.82, 2.24) is 9.97 Å². The third-order valence-corrected chi connectivity index (χ3v) is 2.92. The Labute approximate surface area is 124 Å². The van der Waals surface area contributed by atoms with Crippen LogP contribution in [-0.2, 0) is 6.54 Å². The van der Waals surface area contributed by atoms with Gasteiger partial charge in [0.15, 0.2) is 6.10 Å². The number of hydrogen-bond donors (Lipinski definition) is 1. The van der Waals surface area contributed by atoms with Crippen LogP contribution in [0.1, 0.15) is 24.6 Å². The van der Waals surface area contributed by atoms with Gasteiger partial charge >= 0.3 is 0 Å². The largest absolute Gasteiger partial charge is 0.476 e. The molecule has 0 aliphatic rings. The average Bonchev–Trinajstić information content (AvgIpc) is 2.51. The Bertz CT molecular complexity index is 636. The maximum Gasteiger partial charge on any atom is 0.184 e. The zero-order valence-corrected chi connectivity index (χ0v) is 12.2. The Balaban J connectivity index is 1.99. The van der Waals surface area contributed by atoms with E-state index >= 15 is 0 Å². The highest BCUT2D eigenvalue weighted by molar-refractivity contribution is 5.35. The number of anilines is 1. The molecule has 0 saturated heterocycles. The number of nitrogens with zero attached hydrogens (tertiary/aromatic N) is 3. The molecule has 0 spiro atoms. The van der Waals surface area contributed by atoms with Gasteiger partial charge in [0.2, 0.25) is 0 Å². The molecule has 1 heterocycles. The van der Waals surface area contributed by atoms with Gasteiger partial charge in [-0.1, -0.05) is 19.1 Å². The first kappa shape index (κ1) is 14.8. The summed E-state index contributed by atoms with van der Waals surface area (Å²) >= 11 is 0. The predicted octanol–water partition coefficient (Wildman–Crippen LogP) is 3.08. The van der Waals surface area contributed by atoms with E-state index in [1.54, 1.807) is 12.4 Å². The van der Waals surface area contributed by atoms with E-state index in [2.05, 4.69) is 21.4 Å². The fraction of sp³-hybridized carbons (Fsp3) is 0.312. The zero-order valence-electron chi connectivity index (χ0n) is 12.2. The van der Waals surface area contributed by atoms with Crippen LogP contribution < -0.4 is 10.1 Å². The fourth-order valence-corrected chi connectivity index (χ4v) is 1.84. The van der Waals surface area contributed by atoms with Crippen molar-refractivity contribution in [3.05, 3.63) is 47.9 Å². The molecular formula is C16H18N4O. The molecular weight excluding hydrogens is 264 g/mol. The molecule has 0 fully saturated rings. The summed E-state index contributed by atoms with van der Waals surface area (Å²) in [7, 11) is 0. The quantitative estimate of drug-likeness (QED) is 0.881. The molecule has 1 aromatic heterocycles. The molecule has 0 bridgehead atoms. The highest BCUT2D eigenvalue weighted by Crippen LogP contribution is 2.16. The van der Waals surface area contributed by atoms with E-state index in [-0.39, 0.29) is 0 Å². The van der Waals surface area contributed by atoms with Crippen molar-refractivity contribution in [2.24, 2.45) is 0 Å². The monoisotopic (exact) mass is 282 g/mol. The van der Waals surface area contributed by atoms with Crippen molar-refractivity contribution in [3.8, 4) is 11.8 Å². The summed E-state index contributed by atoms with van der Waals surface area (Å²) in [5, 5.41) is 12.1. The minimum atomic E-state index is -0.407. The lowest BCUT2D eigenvalue weighted by atomic mass is 10.2.